The fourth-order valence-corrected chi connectivity index (χ4v) is 3.82. The number of pyridine rings is 1. The number of imide groups is 1. The van der Waals surface area contributed by atoms with Crippen LogP contribution in [0.4, 0.5) is 13.2 Å². The Morgan fingerprint density at radius 2 is 2.15 bits per heavy atom. The molecule has 3 rings (SSSR count). The molecule has 11 heteroatoms. The van der Waals surface area contributed by atoms with Crippen LogP contribution in [0.3, 0.4) is 0 Å². The topological polar surface area (TPSA) is 88.2 Å². The lowest BCUT2D eigenvalue weighted by Crippen LogP contribution is -2.52. The summed E-state index contributed by atoms with van der Waals surface area (Å²) in [7, 11) is 0. The summed E-state index contributed by atoms with van der Waals surface area (Å²) in [5.41, 5.74) is -1.13. The van der Waals surface area contributed by atoms with Crippen molar-refractivity contribution in [2.75, 3.05) is 0 Å². The second-order valence-corrected chi connectivity index (χ2v) is 7.03. The van der Waals surface area contributed by atoms with Crippen LogP contribution < -0.4 is 10.6 Å². The molecule has 138 valence electrons. The van der Waals surface area contributed by atoms with Gasteiger partial charge in [-0.3, -0.25) is 19.7 Å². The molecule has 1 aliphatic rings. The first-order valence-electron chi connectivity index (χ1n) is 7.42. The van der Waals surface area contributed by atoms with Gasteiger partial charge in [0.15, 0.2) is 0 Å². The largest absolute Gasteiger partial charge is 0.433 e. The van der Waals surface area contributed by atoms with E-state index in [0.29, 0.717) is 10.3 Å². The molecule has 1 saturated heterocycles. The van der Waals surface area contributed by atoms with E-state index in [2.05, 4.69) is 15.6 Å². The maximum atomic E-state index is 12.9. The predicted molar refractivity (Wildman–Crippen MR) is 87.7 cm³/mol. The molecule has 26 heavy (non-hydrogen) atoms. The Morgan fingerprint density at radius 3 is 2.81 bits per heavy atom. The first kappa shape index (κ1) is 18.6. The third-order valence-corrected chi connectivity index (χ3v) is 5.07. The average Bonchev–Trinajstić information content (AvgIpc) is 2.93. The maximum Gasteiger partial charge on any atom is 0.433 e. The van der Waals surface area contributed by atoms with E-state index in [9.17, 15) is 27.6 Å². The van der Waals surface area contributed by atoms with Crippen LogP contribution >= 0.6 is 22.9 Å². The molecule has 6 nitrogen and oxygen atoms in total. The number of piperidine rings is 1. The summed E-state index contributed by atoms with van der Waals surface area (Å²) in [4.78, 5) is 38.8. The van der Waals surface area contributed by atoms with Gasteiger partial charge in [-0.1, -0.05) is 11.6 Å². The number of hydrogen-bond acceptors (Lipinski definition) is 5. The Balaban J connectivity index is 1.80. The standard InChI is InChI=1S/C15H11ClF3N3O3S/c16-7-3-10(15(17,18)19)21-13-6(7)5-26-9(13)4-12(24)20-8-1-2-11(23)22-14(8)25/h3,5,8H,1-2,4H2,(H,20,24)(H,22,23,25). The van der Waals surface area contributed by atoms with Gasteiger partial charge in [-0.05, 0) is 12.5 Å². The fraction of sp³-hybridized carbons (Fsp3) is 0.333. The number of rotatable bonds is 3. The minimum absolute atomic E-state index is 0.00764. The molecule has 2 aromatic rings. The van der Waals surface area contributed by atoms with Gasteiger partial charge < -0.3 is 5.32 Å². The quantitative estimate of drug-likeness (QED) is 0.768. The first-order chi connectivity index (χ1) is 12.1. The molecule has 1 unspecified atom stereocenters. The van der Waals surface area contributed by atoms with E-state index in [-0.39, 0.29) is 29.8 Å². The number of nitrogens with one attached hydrogen (secondary N) is 2. The highest BCUT2D eigenvalue weighted by Gasteiger charge is 2.34. The summed E-state index contributed by atoms with van der Waals surface area (Å²) in [5.74, 6) is -1.58. The molecular formula is C15H11ClF3N3O3S. The number of hydrogen-bond donors (Lipinski definition) is 2. The van der Waals surface area contributed by atoms with Crippen LogP contribution in [0, 0.1) is 0 Å². The summed E-state index contributed by atoms with van der Waals surface area (Å²) in [6.45, 7) is 0. The van der Waals surface area contributed by atoms with Crippen molar-refractivity contribution in [2.24, 2.45) is 0 Å². The predicted octanol–water partition coefficient (Wildman–Crippen LogP) is 2.43. The zero-order chi connectivity index (χ0) is 19.1. The van der Waals surface area contributed by atoms with Crippen LogP contribution in [-0.2, 0) is 27.0 Å². The summed E-state index contributed by atoms with van der Waals surface area (Å²) < 4.78 is 38.7. The minimum atomic E-state index is -4.66. The van der Waals surface area contributed by atoms with E-state index in [1.165, 1.54) is 5.38 Å². The van der Waals surface area contributed by atoms with Crippen molar-refractivity contribution < 1.29 is 27.6 Å². The zero-order valence-electron chi connectivity index (χ0n) is 12.9. The Morgan fingerprint density at radius 1 is 1.42 bits per heavy atom. The molecule has 1 fully saturated rings. The lowest BCUT2D eigenvalue weighted by molar-refractivity contribution is -0.141. The van der Waals surface area contributed by atoms with Gasteiger partial charge in [0.05, 0.1) is 17.0 Å². The number of amides is 3. The normalized spacial score (nSPS) is 18.1. The molecule has 1 atom stereocenters. The van der Waals surface area contributed by atoms with Gasteiger partial charge >= 0.3 is 6.18 Å². The molecule has 0 aliphatic carbocycles. The number of halogens is 4. The molecule has 1 aliphatic heterocycles. The Kier molecular flexibility index (Phi) is 4.89. The Bertz CT molecular complexity index is 913. The maximum absolute atomic E-state index is 12.9. The van der Waals surface area contributed by atoms with Crippen molar-refractivity contribution in [2.45, 2.75) is 31.5 Å². The third kappa shape index (κ3) is 3.80. The summed E-state index contributed by atoms with van der Waals surface area (Å²) in [5, 5.41) is 6.34. The van der Waals surface area contributed by atoms with Gasteiger partial charge in [-0.15, -0.1) is 11.3 Å². The molecule has 3 amide bonds. The molecular weight excluding hydrogens is 395 g/mol. The number of thiophene rings is 1. The minimum Gasteiger partial charge on any atom is -0.344 e. The SMILES string of the molecule is O=C1CCC(NC(=O)Cc2scc3c(Cl)cc(C(F)(F)F)nc23)C(=O)N1. The monoisotopic (exact) mass is 405 g/mol. The van der Waals surface area contributed by atoms with Crippen molar-refractivity contribution in [3.05, 3.63) is 27.0 Å². The van der Waals surface area contributed by atoms with Gasteiger partial charge in [0, 0.05) is 22.1 Å². The van der Waals surface area contributed by atoms with E-state index in [1.54, 1.807) is 0 Å². The van der Waals surface area contributed by atoms with E-state index < -0.39 is 35.6 Å². The number of carbonyl (C=O) groups is 3. The lowest BCUT2D eigenvalue weighted by Gasteiger charge is -2.21. The summed E-state index contributed by atoms with van der Waals surface area (Å²) >= 11 is 6.95. The summed E-state index contributed by atoms with van der Waals surface area (Å²) in [6, 6.07) is -0.113. The zero-order valence-corrected chi connectivity index (χ0v) is 14.5. The third-order valence-electron chi connectivity index (χ3n) is 3.78. The molecule has 2 aromatic heterocycles. The van der Waals surface area contributed by atoms with Gasteiger partial charge in [0.1, 0.15) is 11.7 Å². The van der Waals surface area contributed by atoms with Gasteiger partial charge in [-0.25, -0.2) is 4.98 Å². The Hall–Kier alpha value is -2.20. The van der Waals surface area contributed by atoms with E-state index >= 15 is 0 Å². The number of aromatic nitrogens is 1. The van der Waals surface area contributed by atoms with E-state index in [1.807, 2.05) is 0 Å². The smallest absolute Gasteiger partial charge is 0.344 e. The van der Waals surface area contributed by atoms with Crippen molar-refractivity contribution in [1.82, 2.24) is 15.6 Å². The van der Waals surface area contributed by atoms with Gasteiger partial charge in [-0.2, -0.15) is 13.2 Å². The van der Waals surface area contributed by atoms with Crippen LogP contribution in [0.2, 0.25) is 5.02 Å². The van der Waals surface area contributed by atoms with Crippen molar-refractivity contribution in [3.8, 4) is 0 Å². The average molecular weight is 406 g/mol. The van der Waals surface area contributed by atoms with E-state index in [0.717, 1.165) is 17.4 Å². The number of nitrogens with zero attached hydrogens (tertiary/aromatic N) is 1. The van der Waals surface area contributed by atoms with Gasteiger partial charge in [0.2, 0.25) is 17.7 Å². The highest BCUT2D eigenvalue weighted by atomic mass is 35.5. The number of alkyl halides is 3. The van der Waals surface area contributed by atoms with E-state index in [4.69, 9.17) is 11.6 Å². The molecule has 0 radical (unpaired) electrons. The molecule has 0 aromatic carbocycles. The molecule has 0 spiro atoms. The van der Waals surface area contributed by atoms with Crippen LogP contribution in [0.5, 0.6) is 0 Å². The van der Waals surface area contributed by atoms with Crippen LogP contribution in [-0.4, -0.2) is 28.7 Å². The Labute approximate surface area is 153 Å². The van der Waals surface area contributed by atoms with Crippen LogP contribution in [0.25, 0.3) is 10.9 Å². The van der Waals surface area contributed by atoms with Crippen molar-refractivity contribution in [1.29, 1.82) is 0 Å². The molecule has 0 saturated carbocycles. The van der Waals surface area contributed by atoms with Crippen molar-refractivity contribution >= 4 is 51.6 Å². The fourth-order valence-electron chi connectivity index (χ4n) is 2.53. The highest BCUT2D eigenvalue weighted by molar-refractivity contribution is 7.11. The van der Waals surface area contributed by atoms with Crippen LogP contribution in [0.1, 0.15) is 23.4 Å². The van der Waals surface area contributed by atoms with Crippen LogP contribution in [0.15, 0.2) is 11.4 Å². The highest BCUT2D eigenvalue weighted by Crippen LogP contribution is 2.36. The second-order valence-electron chi connectivity index (χ2n) is 5.66. The molecule has 3 heterocycles. The molecule has 2 N–H and O–H groups in total. The number of fused-ring (bicyclic) bond motifs is 1. The molecule has 0 bridgehead atoms. The van der Waals surface area contributed by atoms with Crippen molar-refractivity contribution in [3.63, 3.8) is 0 Å². The van der Waals surface area contributed by atoms with Gasteiger partial charge in [0.25, 0.3) is 0 Å². The first-order valence-corrected chi connectivity index (χ1v) is 8.68. The second kappa shape index (κ2) is 6.84. The summed E-state index contributed by atoms with van der Waals surface area (Å²) in [6.07, 6.45) is -4.64. The number of carbonyl (C=O) groups excluding carboxylic acids is 3. The lowest BCUT2D eigenvalue weighted by atomic mass is 10.1.